The third-order valence-corrected chi connectivity index (χ3v) is 5.69. The summed E-state index contributed by atoms with van der Waals surface area (Å²) in [5, 5.41) is 7.70. The van der Waals surface area contributed by atoms with Gasteiger partial charge in [-0.1, -0.05) is 44.2 Å². The molecule has 0 aliphatic carbocycles. The Bertz CT molecular complexity index is 960. The maximum Gasteiger partial charge on any atom is 0.408 e. The summed E-state index contributed by atoms with van der Waals surface area (Å²) >= 11 is 1.23. The summed E-state index contributed by atoms with van der Waals surface area (Å²) in [6.45, 7) is 3.81. The van der Waals surface area contributed by atoms with Crippen molar-refractivity contribution < 1.29 is 23.9 Å². The number of alkyl carbamates (subject to hydrolysis) is 1. The lowest BCUT2D eigenvalue weighted by Crippen LogP contribution is -2.56. The monoisotopic (exact) mass is 444 g/mol. The highest BCUT2D eigenvalue weighted by Crippen LogP contribution is 2.18. The first-order valence-corrected chi connectivity index (χ1v) is 10.6. The number of carbonyl (C=O) groups excluding carboxylic acids is 4. The number of benzene rings is 1. The summed E-state index contributed by atoms with van der Waals surface area (Å²) in [4.78, 5) is 50.5. The van der Waals surface area contributed by atoms with Gasteiger partial charge in [-0.05, 0) is 28.6 Å². The molecular formula is C21H24N4O5S. The van der Waals surface area contributed by atoms with Crippen molar-refractivity contribution in [2.75, 3.05) is 0 Å². The van der Waals surface area contributed by atoms with Gasteiger partial charge >= 0.3 is 6.09 Å². The Kier molecular flexibility index (Phi) is 7.35. The number of fused-ring (bicyclic) bond motifs is 1. The predicted octanol–water partition coefficient (Wildman–Crippen LogP) is 1.32. The number of ketones is 1. The highest BCUT2D eigenvalue weighted by molar-refractivity contribution is 7.05. The molecule has 3 N–H and O–H groups in total. The van der Waals surface area contributed by atoms with Crippen LogP contribution in [-0.4, -0.2) is 40.1 Å². The van der Waals surface area contributed by atoms with Gasteiger partial charge in [-0.2, -0.15) is 0 Å². The van der Waals surface area contributed by atoms with Crippen LogP contribution < -0.4 is 16.0 Å². The Labute approximate surface area is 183 Å². The number of Topliss-reactive ketones (excluding diaryl/α,β-unsaturated/α-hetero) is 1. The number of aromatic nitrogens is 1. The van der Waals surface area contributed by atoms with Crippen LogP contribution in [0.3, 0.4) is 0 Å². The lowest BCUT2D eigenvalue weighted by molar-refractivity contribution is -0.140. The normalized spacial score (nSPS) is 17.1. The van der Waals surface area contributed by atoms with Crippen LogP contribution in [0.4, 0.5) is 4.79 Å². The molecule has 1 aromatic heterocycles. The fourth-order valence-electron chi connectivity index (χ4n) is 3.12. The second kappa shape index (κ2) is 10.2. The molecular weight excluding hydrogens is 420 g/mol. The van der Waals surface area contributed by atoms with E-state index in [4.69, 9.17) is 4.74 Å². The number of hydrogen-bond acceptors (Lipinski definition) is 7. The third-order valence-electron chi connectivity index (χ3n) is 4.86. The first kappa shape index (κ1) is 22.4. The first-order chi connectivity index (χ1) is 14.8. The fourth-order valence-corrected chi connectivity index (χ4v) is 3.82. The van der Waals surface area contributed by atoms with Crippen molar-refractivity contribution in [1.29, 1.82) is 0 Å². The van der Waals surface area contributed by atoms with Crippen molar-refractivity contribution in [2.45, 2.75) is 45.5 Å². The molecule has 2 unspecified atom stereocenters. The lowest BCUT2D eigenvalue weighted by atomic mass is 9.98. The molecule has 1 aliphatic heterocycles. The van der Waals surface area contributed by atoms with Crippen LogP contribution in [0, 0.1) is 5.92 Å². The Morgan fingerprint density at radius 2 is 2.00 bits per heavy atom. The van der Waals surface area contributed by atoms with Gasteiger partial charge in [-0.15, -0.1) is 0 Å². The zero-order valence-electron chi connectivity index (χ0n) is 17.2. The Balaban J connectivity index is 1.64. The standard InChI is InChI=1S/C21H24N4O5S/c1-12(2)17(25-21(29)30-11-13-6-4-3-5-7-13)19(27)24-15-8-14-9-23-31-16(14)10-22-20(28)18(15)26/h3-7,9,12,15,17H,8,10-11H2,1-2H3,(H,22,28)(H,24,27)(H,25,29). The molecule has 3 rings (SSSR count). The third kappa shape index (κ3) is 5.88. The Morgan fingerprint density at radius 1 is 1.26 bits per heavy atom. The van der Waals surface area contributed by atoms with E-state index in [-0.39, 0.29) is 25.5 Å². The van der Waals surface area contributed by atoms with E-state index in [1.807, 2.05) is 30.3 Å². The van der Waals surface area contributed by atoms with Gasteiger partial charge in [0.05, 0.1) is 6.54 Å². The van der Waals surface area contributed by atoms with Gasteiger partial charge < -0.3 is 20.7 Å². The topological polar surface area (TPSA) is 126 Å². The predicted molar refractivity (Wildman–Crippen MR) is 113 cm³/mol. The van der Waals surface area contributed by atoms with Crippen molar-refractivity contribution >= 4 is 35.2 Å². The largest absolute Gasteiger partial charge is 0.445 e. The molecule has 0 radical (unpaired) electrons. The van der Waals surface area contributed by atoms with Crippen molar-refractivity contribution in [1.82, 2.24) is 20.3 Å². The van der Waals surface area contributed by atoms with Crippen molar-refractivity contribution in [2.24, 2.45) is 5.92 Å². The van der Waals surface area contributed by atoms with Crippen LogP contribution in [0.2, 0.25) is 0 Å². The summed E-state index contributed by atoms with van der Waals surface area (Å²) in [6.07, 6.45) is 1.04. The quantitative estimate of drug-likeness (QED) is 0.577. The highest BCUT2D eigenvalue weighted by atomic mass is 32.1. The summed E-state index contributed by atoms with van der Waals surface area (Å²) in [6, 6.07) is 7.16. The minimum absolute atomic E-state index is 0.0638. The number of nitrogens with one attached hydrogen (secondary N) is 3. The van der Waals surface area contributed by atoms with Crippen molar-refractivity contribution in [3.8, 4) is 0 Å². The minimum atomic E-state index is -1.05. The molecule has 2 atom stereocenters. The van der Waals surface area contributed by atoms with Crippen LogP contribution >= 0.6 is 11.5 Å². The van der Waals surface area contributed by atoms with Gasteiger partial charge in [-0.3, -0.25) is 14.4 Å². The molecule has 0 bridgehead atoms. The van der Waals surface area contributed by atoms with Crippen LogP contribution in [0.1, 0.15) is 29.9 Å². The average molecular weight is 445 g/mol. The second-order valence-electron chi connectivity index (χ2n) is 7.51. The van der Waals surface area contributed by atoms with E-state index in [1.54, 1.807) is 20.0 Å². The average Bonchev–Trinajstić information content (AvgIpc) is 3.19. The lowest BCUT2D eigenvalue weighted by Gasteiger charge is -2.25. The molecule has 3 amide bonds. The highest BCUT2D eigenvalue weighted by Gasteiger charge is 2.33. The smallest absolute Gasteiger partial charge is 0.408 e. The molecule has 0 saturated heterocycles. The van der Waals surface area contributed by atoms with Crippen molar-refractivity contribution in [3.05, 3.63) is 52.5 Å². The molecule has 2 aromatic rings. The molecule has 1 aromatic carbocycles. The molecule has 31 heavy (non-hydrogen) atoms. The zero-order chi connectivity index (χ0) is 22.4. The summed E-state index contributed by atoms with van der Waals surface area (Å²) in [5.74, 6) is -2.34. The number of amides is 3. The molecule has 9 nitrogen and oxygen atoms in total. The molecule has 164 valence electrons. The van der Waals surface area contributed by atoms with Crippen LogP contribution in [0.15, 0.2) is 36.5 Å². The van der Waals surface area contributed by atoms with E-state index in [0.29, 0.717) is 0 Å². The molecule has 2 heterocycles. The van der Waals surface area contributed by atoms with Crippen molar-refractivity contribution in [3.63, 3.8) is 0 Å². The van der Waals surface area contributed by atoms with E-state index in [1.165, 1.54) is 11.5 Å². The van der Waals surface area contributed by atoms with Gasteiger partial charge in [0.25, 0.3) is 5.91 Å². The van der Waals surface area contributed by atoms with Gasteiger partial charge in [0.15, 0.2) is 0 Å². The van der Waals surface area contributed by atoms with Gasteiger partial charge in [-0.25, -0.2) is 9.17 Å². The number of carbonyl (C=O) groups is 4. The first-order valence-electron chi connectivity index (χ1n) is 9.87. The summed E-state index contributed by atoms with van der Waals surface area (Å²) in [7, 11) is 0. The number of hydrogen-bond donors (Lipinski definition) is 3. The Morgan fingerprint density at radius 3 is 2.71 bits per heavy atom. The number of ether oxygens (including phenoxy) is 1. The molecule has 0 fully saturated rings. The summed E-state index contributed by atoms with van der Waals surface area (Å²) < 4.78 is 9.28. The molecule has 0 spiro atoms. The zero-order valence-corrected chi connectivity index (χ0v) is 18.0. The fraction of sp³-hybridized carbons (Fsp3) is 0.381. The van der Waals surface area contributed by atoms with Crippen LogP contribution in [-0.2, 0) is 38.7 Å². The van der Waals surface area contributed by atoms with Gasteiger partial charge in [0, 0.05) is 17.5 Å². The molecule has 10 heteroatoms. The maximum atomic E-state index is 12.9. The van der Waals surface area contributed by atoms with Crippen LogP contribution in [0.5, 0.6) is 0 Å². The number of nitrogens with zero attached hydrogens (tertiary/aromatic N) is 1. The number of rotatable bonds is 6. The SMILES string of the molecule is CC(C)C(NC(=O)OCc1ccccc1)C(=O)NC1Cc2cnsc2CNC(=O)C1=O. The van der Waals surface area contributed by atoms with Gasteiger partial charge in [0.2, 0.25) is 11.7 Å². The van der Waals surface area contributed by atoms with E-state index in [0.717, 1.165) is 16.0 Å². The van der Waals surface area contributed by atoms with Gasteiger partial charge in [0.1, 0.15) is 18.7 Å². The molecule has 1 aliphatic rings. The molecule has 0 saturated carbocycles. The van der Waals surface area contributed by atoms with E-state index >= 15 is 0 Å². The minimum Gasteiger partial charge on any atom is -0.445 e. The Hall–Kier alpha value is -3.27. The second-order valence-corrected chi connectivity index (χ2v) is 8.40. The summed E-state index contributed by atoms with van der Waals surface area (Å²) in [5.41, 5.74) is 1.61. The van der Waals surface area contributed by atoms with E-state index in [2.05, 4.69) is 20.3 Å². The van der Waals surface area contributed by atoms with E-state index < -0.39 is 35.8 Å². The van der Waals surface area contributed by atoms with Crippen LogP contribution in [0.25, 0.3) is 0 Å². The van der Waals surface area contributed by atoms with E-state index in [9.17, 15) is 19.2 Å². The maximum absolute atomic E-state index is 12.9.